The second-order valence-electron chi connectivity index (χ2n) is 4.72. The number of carbonyl (C=O) groups is 1. The Labute approximate surface area is 118 Å². The Kier molecular flexibility index (Phi) is 5.30. The number of amides is 1. The number of aryl methyl sites for hydroxylation is 1. The van der Waals surface area contributed by atoms with Crippen molar-refractivity contribution in [3.63, 3.8) is 0 Å². The first kappa shape index (κ1) is 14.3. The van der Waals surface area contributed by atoms with Crippen molar-refractivity contribution in [2.24, 2.45) is 0 Å². The second-order valence-corrected chi connectivity index (χ2v) is 4.72. The van der Waals surface area contributed by atoms with E-state index in [0.29, 0.717) is 6.42 Å². The summed E-state index contributed by atoms with van der Waals surface area (Å²) in [4.78, 5) is 11.7. The maximum atomic E-state index is 13.3. The maximum absolute atomic E-state index is 13.3. The standard InChI is InChI=1S/C17H18FNO/c18-15-11-5-6-12-16(15)19-17(20)13-7-4-10-14-8-2-1-3-9-14/h1-3,5-6,8-9,11-12H,4,7,10,13H2,(H,19,20). The molecule has 2 aromatic rings. The molecule has 2 aromatic carbocycles. The van der Waals surface area contributed by atoms with Crippen LogP contribution < -0.4 is 5.32 Å². The van der Waals surface area contributed by atoms with Gasteiger partial charge in [0.15, 0.2) is 0 Å². The number of unbranched alkanes of at least 4 members (excludes halogenated alkanes) is 1. The van der Waals surface area contributed by atoms with Crippen LogP contribution in [0.4, 0.5) is 10.1 Å². The Balaban J connectivity index is 1.69. The van der Waals surface area contributed by atoms with Crippen molar-refractivity contribution < 1.29 is 9.18 Å². The third-order valence-corrected chi connectivity index (χ3v) is 3.11. The average molecular weight is 271 g/mol. The Morgan fingerprint density at radius 2 is 1.65 bits per heavy atom. The molecule has 0 heterocycles. The number of hydrogen-bond acceptors (Lipinski definition) is 1. The Bertz CT molecular complexity index is 554. The van der Waals surface area contributed by atoms with Gasteiger partial charge in [-0.1, -0.05) is 42.5 Å². The largest absolute Gasteiger partial charge is 0.324 e. The van der Waals surface area contributed by atoms with Crippen molar-refractivity contribution in [3.8, 4) is 0 Å². The van der Waals surface area contributed by atoms with Gasteiger partial charge in [0.2, 0.25) is 5.91 Å². The van der Waals surface area contributed by atoms with E-state index in [-0.39, 0.29) is 11.6 Å². The summed E-state index contributed by atoms with van der Waals surface area (Å²) in [6, 6.07) is 16.4. The lowest BCUT2D eigenvalue weighted by Gasteiger charge is -2.06. The van der Waals surface area contributed by atoms with Crippen LogP contribution in [0.5, 0.6) is 0 Å². The van der Waals surface area contributed by atoms with Gasteiger partial charge in [0.1, 0.15) is 5.82 Å². The number of nitrogens with one attached hydrogen (secondary N) is 1. The SMILES string of the molecule is O=C(CCCCc1ccccc1)Nc1ccccc1F. The molecule has 2 nitrogen and oxygen atoms in total. The van der Waals surface area contributed by atoms with Crippen LogP contribution in [0.1, 0.15) is 24.8 Å². The van der Waals surface area contributed by atoms with E-state index in [1.807, 2.05) is 18.2 Å². The van der Waals surface area contributed by atoms with E-state index in [9.17, 15) is 9.18 Å². The van der Waals surface area contributed by atoms with E-state index in [2.05, 4.69) is 17.4 Å². The highest BCUT2D eigenvalue weighted by Gasteiger charge is 2.05. The van der Waals surface area contributed by atoms with Crippen LogP contribution in [0.3, 0.4) is 0 Å². The van der Waals surface area contributed by atoms with Crippen LogP contribution >= 0.6 is 0 Å². The lowest BCUT2D eigenvalue weighted by Crippen LogP contribution is -2.12. The van der Waals surface area contributed by atoms with Gasteiger partial charge in [-0.05, 0) is 37.0 Å². The topological polar surface area (TPSA) is 29.1 Å². The van der Waals surface area contributed by atoms with Gasteiger partial charge >= 0.3 is 0 Å². The summed E-state index contributed by atoms with van der Waals surface area (Å²) >= 11 is 0. The Morgan fingerprint density at radius 1 is 0.950 bits per heavy atom. The highest BCUT2D eigenvalue weighted by Crippen LogP contribution is 2.13. The first-order valence-corrected chi connectivity index (χ1v) is 6.84. The van der Waals surface area contributed by atoms with E-state index in [1.165, 1.54) is 11.6 Å². The van der Waals surface area contributed by atoms with Crippen molar-refractivity contribution in [2.45, 2.75) is 25.7 Å². The fraction of sp³-hybridized carbons (Fsp3) is 0.235. The first-order valence-electron chi connectivity index (χ1n) is 6.84. The Morgan fingerprint density at radius 3 is 2.40 bits per heavy atom. The normalized spacial score (nSPS) is 10.2. The predicted octanol–water partition coefficient (Wildman–Crippen LogP) is 4.18. The van der Waals surface area contributed by atoms with Crippen molar-refractivity contribution in [3.05, 3.63) is 66.0 Å². The minimum atomic E-state index is -0.398. The number of halogens is 1. The van der Waals surface area contributed by atoms with Gasteiger partial charge in [-0.25, -0.2) is 4.39 Å². The molecule has 0 aliphatic heterocycles. The molecule has 2 rings (SSSR count). The van der Waals surface area contributed by atoms with Crippen molar-refractivity contribution >= 4 is 11.6 Å². The zero-order valence-corrected chi connectivity index (χ0v) is 11.3. The molecule has 0 bridgehead atoms. The van der Waals surface area contributed by atoms with E-state index in [4.69, 9.17) is 0 Å². The highest BCUT2D eigenvalue weighted by atomic mass is 19.1. The van der Waals surface area contributed by atoms with Gasteiger partial charge in [-0.3, -0.25) is 4.79 Å². The second kappa shape index (κ2) is 7.43. The predicted molar refractivity (Wildman–Crippen MR) is 79.0 cm³/mol. The summed E-state index contributed by atoms with van der Waals surface area (Å²) in [5.41, 5.74) is 1.53. The molecule has 0 radical (unpaired) electrons. The van der Waals surface area contributed by atoms with Gasteiger partial charge in [0.05, 0.1) is 5.69 Å². The number of carbonyl (C=O) groups excluding carboxylic acids is 1. The third kappa shape index (κ3) is 4.50. The summed E-state index contributed by atoms with van der Waals surface area (Å²) in [7, 11) is 0. The molecule has 0 aliphatic rings. The molecule has 1 amide bonds. The van der Waals surface area contributed by atoms with Crippen LogP contribution in [-0.2, 0) is 11.2 Å². The number of hydrogen-bond donors (Lipinski definition) is 1. The molecular weight excluding hydrogens is 253 g/mol. The molecule has 0 aliphatic carbocycles. The molecule has 0 saturated heterocycles. The Hall–Kier alpha value is -2.16. The molecule has 0 atom stereocenters. The minimum Gasteiger partial charge on any atom is -0.324 e. The van der Waals surface area contributed by atoms with Crippen LogP contribution in [0.2, 0.25) is 0 Å². The van der Waals surface area contributed by atoms with Gasteiger partial charge in [-0.2, -0.15) is 0 Å². The lowest BCUT2D eigenvalue weighted by atomic mass is 10.1. The van der Waals surface area contributed by atoms with Crippen LogP contribution in [0, 0.1) is 5.82 Å². The third-order valence-electron chi connectivity index (χ3n) is 3.11. The van der Waals surface area contributed by atoms with Gasteiger partial charge in [0.25, 0.3) is 0 Å². The van der Waals surface area contributed by atoms with Crippen LogP contribution in [0.25, 0.3) is 0 Å². The zero-order valence-electron chi connectivity index (χ0n) is 11.3. The molecule has 0 unspecified atom stereocenters. The molecule has 1 N–H and O–H groups in total. The summed E-state index contributed by atoms with van der Waals surface area (Å²) < 4.78 is 13.3. The molecule has 0 aromatic heterocycles. The fourth-order valence-electron chi connectivity index (χ4n) is 2.03. The highest BCUT2D eigenvalue weighted by molar-refractivity contribution is 5.90. The molecule has 0 saturated carbocycles. The van der Waals surface area contributed by atoms with E-state index >= 15 is 0 Å². The monoisotopic (exact) mass is 271 g/mol. The molecule has 0 fully saturated rings. The van der Waals surface area contributed by atoms with E-state index in [0.717, 1.165) is 19.3 Å². The molecule has 0 spiro atoms. The number of para-hydroxylation sites is 1. The van der Waals surface area contributed by atoms with Crippen molar-refractivity contribution in [1.82, 2.24) is 0 Å². The smallest absolute Gasteiger partial charge is 0.224 e. The van der Waals surface area contributed by atoms with E-state index < -0.39 is 5.82 Å². The number of benzene rings is 2. The first-order chi connectivity index (χ1) is 9.75. The summed E-state index contributed by atoms with van der Waals surface area (Å²) in [5, 5.41) is 2.59. The van der Waals surface area contributed by atoms with Crippen molar-refractivity contribution in [2.75, 3.05) is 5.32 Å². The quantitative estimate of drug-likeness (QED) is 0.785. The van der Waals surface area contributed by atoms with Gasteiger partial charge in [0, 0.05) is 6.42 Å². The van der Waals surface area contributed by atoms with Gasteiger partial charge in [-0.15, -0.1) is 0 Å². The fourth-order valence-corrected chi connectivity index (χ4v) is 2.03. The zero-order chi connectivity index (χ0) is 14.2. The number of anilines is 1. The molecule has 20 heavy (non-hydrogen) atoms. The summed E-state index contributed by atoms with van der Waals surface area (Å²) in [6.07, 6.45) is 3.14. The summed E-state index contributed by atoms with van der Waals surface area (Å²) in [6.45, 7) is 0. The minimum absolute atomic E-state index is 0.136. The molecule has 3 heteroatoms. The average Bonchev–Trinajstić information content (AvgIpc) is 2.47. The van der Waals surface area contributed by atoms with Crippen molar-refractivity contribution in [1.29, 1.82) is 0 Å². The van der Waals surface area contributed by atoms with E-state index in [1.54, 1.807) is 18.2 Å². The molecular formula is C17H18FNO. The summed E-state index contributed by atoms with van der Waals surface area (Å²) in [5.74, 6) is -0.534. The maximum Gasteiger partial charge on any atom is 0.224 e. The lowest BCUT2D eigenvalue weighted by molar-refractivity contribution is -0.116. The van der Waals surface area contributed by atoms with Gasteiger partial charge < -0.3 is 5.32 Å². The van der Waals surface area contributed by atoms with Crippen LogP contribution in [-0.4, -0.2) is 5.91 Å². The van der Waals surface area contributed by atoms with Crippen LogP contribution in [0.15, 0.2) is 54.6 Å². The number of rotatable bonds is 6. The molecule has 104 valence electrons.